The first-order chi connectivity index (χ1) is 15.0. The van der Waals surface area contributed by atoms with E-state index in [0.717, 1.165) is 63.0 Å². The average Bonchev–Trinajstić information content (AvgIpc) is 2.78. The van der Waals surface area contributed by atoms with Gasteiger partial charge in [0.25, 0.3) is 0 Å². The molecule has 2 aromatic rings. The summed E-state index contributed by atoms with van der Waals surface area (Å²) in [6.45, 7) is 8.04. The summed E-state index contributed by atoms with van der Waals surface area (Å²) < 4.78 is 1.87. The molecule has 1 aliphatic rings. The van der Waals surface area contributed by atoms with Crippen LogP contribution in [0.1, 0.15) is 44.4 Å². The second-order valence-electron chi connectivity index (χ2n) is 7.68. The van der Waals surface area contributed by atoms with Gasteiger partial charge in [0, 0.05) is 17.8 Å². The summed E-state index contributed by atoms with van der Waals surface area (Å²) >= 11 is 7.46. The summed E-state index contributed by atoms with van der Waals surface area (Å²) in [7, 11) is 0. The van der Waals surface area contributed by atoms with Crippen LogP contribution in [0.5, 0.6) is 0 Å². The lowest BCUT2D eigenvalue weighted by Gasteiger charge is -2.23. The lowest BCUT2D eigenvalue weighted by atomic mass is 9.97. The highest BCUT2D eigenvalue weighted by atomic mass is 35.5. The number of aromatic nitrogens is 2. The number of halogens is 1. The third-order valence-corrected chi connectivity index (χ3v) is 7.04. The molecule has 0 spiro atoms. The highest BCUT2D eigenvalue weighted by molar-refractivity contribution is 8.00. The summed E-state index contributed by atoms with van der Waals surface area (Å²) in [6, 6.07) is 7.15. The Morgan fingerprint density at radius 1 is 1.23 bits per heavy atom. The zero-order valence-electron chi connectivity index (χ0n) is 18.3. The van der Waals surface area contributed by atoms with Gasteiger partial charge in [-0.15, -0.1) is 0 Å². The van der Waals surface area contributed by atoms with Crippen LogP contribution < -0.4 is 11.0 Å². The SMILES string of the molecule is CCN(CC)CCCn1c2c(c(SCC(=O)Nc3ccccc3Cl)nc1=O)CCCC2. The van der Waals surface area contributed by atoms with Gasteiger partial charge in [0.2, 0.25) is 5.91 Å². The van der Waals surface area contributed by atoms with E-state index >= 15 is 0 Å². The highest BCUT2D eigenvalue weighted by Crippen LogP contribution is 2.29. The van der Waals surface area contributed by atoms with Crippen LogP contribution in [0.2, 0.25) is 5.02 Å². The maximum absolute atomic E-state index is 12.8. The van der Waals surface area contributed by atoms with Crippen LogP contribution in [0.3, 0.4) is 0 Å². The van der Waals surface area contributed by atoms with Gasteiger partial charge in [0.05, 0.1) is 16.5 Å². The van der Waals surface area contributed by atoms with Gasteiger partial charge in [0.1, 0.15) is 5.03 Å². The zero-order chi connectivity index (χ0) is 22.2. The Hall–Kier alpha value is -1.83. The van der Waals surface area contributed by atoms with Crippen LogP contribution in [0.15, 0.2) is 34.1 Å². The fraction of sp³-hybridized carbons (Fsp3) is 0.522. The maximum Gasteiger partial charge on any atom is 0.348 e. The molecule has 0 aliphatic heterocycles. The molecule has 1 aromatic carbocycles. The van der Waals surface area contributed by atoms with Crippen molar-refractivity contribution in [3.63, 3.8) is 0 Å². The Morgan fingerprint density at radius 2 is 1.97 bits per heavy atom. The number of amides is 1. The van der Waals surface area contributed by atoms with Crippen LogP contribution in [0, 0.1) is 0 Å². The summed E-state index contributed by atoms with van der Waals surface area (Å²) in [4.78, 5) is 32.0. The number of carbonyl (C=O) groups is 1. The van der Waals surface area contributed by atoms with Crippen molar-refractivity contribution in [2.45, 2.75) is 57.5 Å². The van der Waals surface area contributed by atoms with Gasteiger partial charge in [-0.3, -0.25) is 9.36 Å². The molecule has 8 heteroatoms. The molecule has 1 heterocycles. The molecular formula is C23H31ClN4O2S. The molecule has 0 saturated carbocycles. The predicted molar refractivity (Wildman–Crippen MR) is 128 cm³/mol. The predicted octanol–water partition coefficient (Wildman–Crippen LogP) is 4.24. The molecule has 1 N–H and O–H groups in total. The largest absolute Gasteiger partial charge is 0.348 e. The van der Waals surface area contributed by atoms with Crippen LogP contribution in [0.25, 0.3) is 0 Å². The number of nitrogens with zero attached hydrogens (tertiary/aromatic N) is 3. The quantitative estimate of drug-likeness (QED) is 0.422. The van der Waals surface area contributed by atoms with Crippen LogP contribution in [0.4, 0.5) is 5.69 Å². The average molecular weight is 463 g/mol. The Bertz CT molecular complexity index is 959. The van der Waals surface area contributed by atoms with E-state index in [1.807, 2.05) is 16.7 Å². The van der Waals surface area contributed by atoms with Gasteiger partial charge in [0.15, 0.2) is 0 Å². The van der Waals surface area contributed by atoms with Crippen LogP contribution >= 0.6 is 23.4 Å². The molecular weight excluding hydrogens is 432 g/mol. The summed E-state index contributed by atoms with van der Waals surface area (Å²) in [6.07, 6.45) is 4.92. The Labute approximate surface area is 193 Å². The van der Waals surface area contributed by atoms with Crippen molar-refractivity contribution >= 4 is 35.0 Å². The van der Waals surface area contributed by atoms with Crippen molar-refractivity contribution in [2.24, 2.45) is 0 Å². The molecule has 0 fully saturated rings. The van der Waals surface area contributed by atoms with E-state index in [1.165, 1.54) is 11.8 Å². The van der Waals surface area contributed by atoms with E-state index in [2.05, 4.69) is 29.0 Å². The van der Waals surface area contributed by atoms with Crippen molar-refractivity contribution in [3.8, 4) is 0 Å². The first kappa shape index (κ1) is 23.8. The smallest absolute Gasteiger partial charge is 0.324 e. The number of benzene rings is 1. The van der Waals surface area contributed by atoms with Crippen LogP contribution in [-0.4, -0.2) is 45.7 Å². The van der Waals surface area contributed by atoms with E-state index in [9.17, 15) is 9.59 Å². The highest BCUT2D eigenvalue weighted by Gasteiger charge is 2.21. The normalized spacial score (nSPS) is 13.3. The van der Waals surface area contributed by atoms with Gasteiger partial charge in [-0.05, 0) is 63.9 Å². The lowest BCUT2D eigenvalue weighted by molar-refractivity contribution is -0.113. The summed E-state index contributed by atoms with van der Waals surface area (Å²) in [5.41, 5.74) is 2.65. The number of para-hydroxylation sites is 1. The summed E-state index contributed by atoms with van der Waals surface area (Å²) in [5, 5.41) is 4.03. The number of fused-ring (bicyclic) bond motifs is 1. The number of thioether (sulfide) groups is 1. The van der Waals surface area contributed by atoms with E-state index < -0.39 is 0 Å². The number of anilines is 1. The molecule has 0 unspecified atom stereocenters. The molecule has 168 valence electrons. The van der Waals surface area contributed by atoms with E-state index in [4.69, 9.17) is 11.6 Å². The standard InChI is InChI=1S/C23H31ClN4O2S/c1-3-27(4-2)14-9-15-28-20-13-8-5-10-17(20)22(26-23(28)30)31-16-21(29)25-19-12-7-6-11-18(19)24/h6-7,11-12H,3-5,8-10,13-16H2,1-2H3,(H,25,29). The van der Waals surface area contributed by atoms with E-state index in [1.54, 1.807) is 12.1 Å². The van der Waals surface area contributed by atoms with E-state index in [-0.39, 0.29) is 17.3 Å². The molecule has 0 atom stereocenters. The molecule has 3 rings (SSSR count). The lowest BCUT2D eigenvalue weighted by Crippen LogP contribution is -2.32. The topological polar surface area (TPSA) is 67.2 Å². The number of hydrogen-bond donors (Lipinski definition) is 1. The van der Waals surface area contributed by atoms with Crippen molar-refractivity contribution in [1.29, 1.82) is 0 Å². The monoisotopic (exact) mass is 462 g/mol. The Morgan fingerprint density at radius 3 is 2.71 bits per heavy atom. The van der Waals surface area contributed by atoms with E-state index in [0.29, 0.717) is 22.3 Å². The molecule has 0 saturated heterocycles. The van der Waals surface area contributed by atoms with Crippen molar-refractivity contribution < 1.29 is 4.79 Å². The van der Waals surface area contributed by atoms with Crippen molar-refractivity contribution in [3.05, 3.63) is 51.0 Å². The fourth-order valence-corrected chi connectivity index (χ4v) is 5.03. The first-order valence-corrected chi connectivity index (χ1v) is 12.4. The minimum atomic E-state index is -0.200. The van der Waals surface area contributed by atoms with Gasteiger partial charge in [-0.25, -0.2) is 4.79 Å². The van der Waals surface area contributed by atoms with Gasteiger partial charge in [-0.2, -0.15) is 4.98 Å². The minimum absolute atomic E-state index is 0.159. The van der Waals surface area contributed by atoms with Crippen molar-refractivity contribution in [1.82, 2.24) is 14.5 Å². The second kappa shape index (κ2) is 11.7. The van der Waals surface area contributed by atoms with Gasteiger partial charge < -0.3 is 10.2 Å². The molecule has 6 nitrogen and oxygen atoms in total. The molecule has 0 radical (unpaired) electrons. The third-order valence-electron chi connectivity index (χ3n) is 5.69. The minimum Gasteiger partial charge on any atom is -0.324 e. The van der Waals surface area contributed by atoms with Gasteiger partial charge >= 0.3 is 5.69 Å². The molecule has 1 aliphatic carbocycles. The zero-order valence-corrected chi connectivity index (χ0v) is 19.9. The maximum atomic E-state index is 12.8. The first-order valence-electron chi connectivity index (χ1n) is 11.1. The van der Waals surface area contributed by atoms with Crippen LogP contribution in [-0.2, 0) is 24.2 Å². The number of nitrogens with one attached hydrogen (secondary N) is 1. The number of carbonyl (C=O) groups excluding carboxylic acids is 1. The Balaban J connectivity index is 1.70. The van der Waals surface area contributed by atoms with Gasteiger partial charge in [-0.1, -0.05) is 49.3 Å². The summed E-state index contributed by atoms with van der Waals surface area (Å²) in [5.74, 6) is 0.0312. The van der Waals surface area contributed by atoms with Crippen molar-refractivity contribution in [2.75, 3.05) is 30.7 Å². The number of hydrogen-bond acceptors (Lipinski definition) is 5. The second-order valence-corrected chi connectivity index (χ2v) is 9.05. The molecule has 0 bridgehead atoms. The third kappa shape index (κ3) is 6.34. The number of rotatable bonds is 10. The molecule has 1 aromatic heterocycles. The fourth-order valence-electron chi connectivity index (χ4n) is 3.97. The molecule has 1 amide bonds. The Kier molecular flexibility index (Phi) is 8.99. The molecule has 31 heavy (non-hydrogen) atoms.